The summed E-state index contributed by atoms with van der Waals surface area (Å²) in [5.41, 5.74) is 5.73. The molecule has 0 aliphatic carbocycles. The molecule has 1 aliphatic heterocycles. The smallest absolute Gasteiger partial charge is 0.137 e. The molecule has 1 aromatic rings. The number of hydrogen-bond donors (Lipinski definition) is 1. The van der Waals surface area contributed by atoms with E-state index in [1.807, 2.05) is 0 Å². The van der Waals surface area contributed by atoms with Crippen LogP contribution in [0.4, 0.5) is 4.39 Å². The van der Waals surface area contributed by atoms with Gasteiger partial charge in [-0.1, -0.05) is 18.3 Å². The van der Waals surface area contributed by atoms with E-state index in [0.29, 0.717) is 12.4 Å². The molecule has 2 N–H and O–H groups in total. The summed E-state index contributed by atoms with van der Waals surface area (Å²) in [5, 5.41) is 0. The minimum Gasteiger partial charge on any atom is -0.493 e. The van der Waals surface area contributed by atoms with Gasteiger partial charge in [0.25, 0.3) is 0 Å². The molecule has 1 heterocycles. The zero-order valence-electron chi connectivity index (χ0n) is 10.9. The van der Waals surface area contributed by atoms with E-state index in [-0.39, 0.29) is 10.6 Å². The predicted molar refractivity (Wildman–Crippen MR) is 78.1 cm³/mol. The molecule has 0 bridgehead atoms. The van der Waals surface area contributed by atoms with Gasteiger partial charge in [-0.05, 0) is 44.5 Å². The average molecular weight is 282 g/mol. The maximum absolute atomic E-state index is 13.6. The fourth-order valence-corrected chi connectivity index (χ4v) is 2.54. The fourth-order valence-electron chi connectivity index (χ4n) is 2.34. The molecule has 0 aromatic heterocycles. The third kappa shape index (κ3) is 3.88. The van der Waals surface area contributed by atoms with E-state index < -0.39 is 5.82 Å². The summed E-state index contributed by atoms with van der Waals surface area (Å²) in [6.07, 6.45) is 3.50. The van der Waals surface area contributed by atoms with Crippen molar-refractivity contribution in [1.82, 2.24) is 4.90 Å². The van der Waals surface area contributed by atoms with Crippen molar-refractivity contribution in [2.75, 3.05) is 26.2 Å². The average Bonchev–Trinajstić information content (AvgIpc) is 2.87. The van der Waals surface area contributed by atoms with Crippen LogP contribution in [0.2, 0.25) is 0 Å². The van der Waals surface area contributed by atoms with E-state index >= 15 is 0 Å². The highest BCUT2D eigenvalue weighted by Crippen LogP contribution is 2.21. The van der Waals surface area contributed by atoms with E-state index in [1.165, 1.54) is 32.0 Å². The van der Waals surface area contributed by atoms with E-state index in [9.17, 15) is 4.39 Å². The molecule has 104 valence electrons. The summed E-state index contributed by atoms with van der Waals surface area (Å²) in [4.78, 5) is 2.45. The van der Waals surface area contributed by atoms with Gasteiger partial charge in [-0.25, -0.2) is 4.39 Å². The van der Waals surface area contributed by atoms with Crippen LogP contribution < -0.4 is 10.5 Å². The first-order chi connectivity index (χ1) is 9.18. The van der Waals surface area contributed by atoms with Crippen molar-refractivity contribution in [2.24, 2.45) is 5.73 Å². The van der Waals surface area contributed by atoms with Gasteiger partial charge < -0.3 is 15.4 Å². The Bertz CT molecular complexity index is 447. The monoisotopic (exact) mass is 282 g/mol. The van der Waals surface area contributed by atoms with Crippen molar-refractivity contribution in [3.8, 4) is 5.75 Å². The van der Waals surface area contributed by atoms with E-state index in [2.05, 4.69) is 4.90 Å². The quantitative estimate of drug-likeness (QED) is 0.642. The van der Waals surface area contributed by atoms with Crippen LogP contribution in [0.3, 0.4) is 0 Å². The van der Waals surface area contributed by atoms with Crippen LogP contribution in [0.25, 0.3) is 0 Å². The molecule has 2 rings (SSSR count). The van der Waals surface area contributed by atoms with Crippen LogP contribution in [0, 0.1) is 5.82 Å². The van der Waals surface area contributed by atoms with Crippen LogP contribution in [0.1, 0.15) is 24.8 Å². The van der Waals surface area contributed by atoms with Crippen LogP contribution in [0.15, 0.2) is 18.2 Å². The van der Waals surface area contributed by atoms with Crippen molar-refractivity contribution >= 4 is 17.2 Å². The lowest BCUT2D eigenvalue weighted by Crippen LogP contribution is -2.22. The Morgan fingerprint density at radius 1 is 1.37 bits per heavy atom. The number of halogens is 1. The second kappa shape index (κ2) is 6.82. The van der Waals surface area contributed by atoms with Gasteiger partial charge in [0.05, 0.1) is 12.2 Å². The summed E-state index contributed by atoms with van der Waals surface area (Å²) in [6.45, 7) is 3.93. The molecular formula is C14H19FN2OS. The third-order valence-electron chi connectivity index (χ3n) is 3.30. The molecule has 1 aliphatic rings. The van der Waals surface area contributed by atoms with Gasteiger partial charge in [0.2, 0.25) is 0 Å². The number of thiocarbonyl (C=S) groups is 1. The van der Waals surface area contributed by atoms with Gasteiger partial charge in [-0.2, -0.15) is 0 Å². The van der Waals surface area contributed by atoms with Crippen molar-refractivity contribution in [3.05, 3.63) is 29.6 Å². The Labute approximate surface area is 118 Å². The van der Waals surface area contributed by atoms with Gasteiger partial charge in [0, 0.05) is 6.54 Å². The highest BCUT2D eigenvalue weighted by atomic mass is 32.1. The normalized spacial score (nSPS) is 15.6. The zero-order chi connectivity index (χ0) is 13.7. The molecule has 0 spiro atoms. The molecule has 1 aromatic carbocycles. The first kappa shape index (κ1) is 14.2. The number of likely N-dealkylation sites (tertiary alicyclic amines) is 1. The minimum absolute atomic E-state index is 0.0349. The number of nitrogens with zero attached hydrogens (tertiary/aromatic N) is 1. The van der Waals surface area contributed by atoms with Gasteiger partial charge in [0.1, 0.15) is 16.6 Å². The molecule has 0 saturated carbocycles. The van der Waals surface area contributed by atoms with Crippen LogP contribution in [-0.2, 0) is 0 Å². The molecule has 0 amide bonds. The van der Waals surface area contributed by atoms with Crippen molar-refractivity contribution in [1.29, 1.82) is 0 Å². The Kier molecular flexibility index (Phi) is 5.10. The second-order valence-electron chi connectivity index (χ2n) is 4.73. The Morgan fingerprint density at radius 3 is 2.79 bits per heavy atom. The van der Waals surface area contributed by atoms with Crippen molar-refractivity contribution in [2.45, 2.75) is 19.3 Å². The molecule has 1 fully saturated rings. The van der Waals surface area contributed by atoms with E-state index in [4.69, 9.17) is 22.7 Å². The van der Waals surface area contributed by atoms with Crippen LogP contribution in [0.5, 0.6) is 5.75 Å². The number of hydrogen-bond acceptors (Lipinski definition) is 3. The second-order valence-corrected chi connectivity index (χ2v) is 5.17. The summed E-state index contributed by atoms with van der Waals surface area (Å²) < 4.78 is 19.2. The molecule has 0 radical (unpaired) electrons. The Hall–Kier alpha value is -1.20. The van der Waals surface area contributed by atoms with Gasteiger partial charge >= 0.3 is 0 Å². The summed E-state index contributed by atoms with van der Waals surface area (Å²) in [6, 6.07) is 4.64. The minimum atomic E-state index is -0.426. The molecule has 3 nitrogen and oxygen atoms in total. The first-order valence-electron chi connectivity index (χ1n) is 6.62. The lowest BCUT2D eigenvalue weighted by molar-refractivity contribution is 0.262. The number of ether oxygens (including phenoxy) is 1. The Morgan fingerprint density at radius 2 is 2.11 bits per heavy atom. The fraction of sp³-hybridized carbons (Fsp3) is 0.500. The van der Waals surface area contributed by atoms with Gasteiger partial charge in [-0.15, -0.1) is 0 Å². The van der Waals surface area contributed by atoms with Crippen LogP contribution in [-0.4, -0.2) is 36.1 Å². The van der Waals surface area contributed by atoms with E-state index in [0.717, 1.165) is 13.0 Å². The highest BCUT2D eigenvalue weighted by molar-refractivity contribution is 7.80. The predicted octanol–water partition coefficient (Wildman–Crippen LogP) is 2.32. The lowest BCUT2D eigenvalue weighted by Gasteiger charge is -2.15. The Balaban J connectivity index is 1.85. The first-order valence-corrected chi connectivity index (χ1v) is 7.03. The molecule has 19 heavy (non-hydrogen) atoms. The summed E-state index contributed by atoms with van der Waals surface area (Å²) in [5.74, 6) is 0.0125. The van der Waals surface area contributed by atoms with Crippen LogP contribution >= 0.6 is 12.2 Å². The molecule has 1 saturated heterocycles. The third-order valence-corrected chi connectivity index (χ3v) is 3.50. The number of rotatable bonds is 6. The maximum atomic E-state index is 13.6. The molecular weight excluding hydrogens is 263 g/mol. The molecule has 0 atom stereocenters. The topological polar surface area (TPSA) is 38.5 Å². The number of nitrogens with two attached hydrogens (primary N) is 1. The summed E-state index contributed by atoms with van der Waals surface area (Å²) in [7, 11) is 0. The summed E-state index contributed by atoms with van der Waals surface area (Å²) >= 11 is 4.85. The standard InChI is InChI=1S/C14H19FN2OS/c15-11-5-3-6-12(13(11)14(16)19)18-10-4-9-17-7-1-2-8-17/h3,5-6H,1-2,4,7-10H2,(H2,16,19). The SMILES string of the molecule is NC(=S)c1c(F)cccc1OCCCN1CCCC1. The maximum Gasteiger partial charge on any atom is 0.137 e. The van der Waals surface area contributed by atoms with Crippen molar-refractivity contribution in [3.63, 3.8) is 0 Å². The number of benzene rings is 1. The largest absolute Gasteiger partial charge is 0.493 e. The van der Waals surface area contributed by atoms with Crippen molar-refractivity contribution < 1.29 is 9.13 Å². The molecule has 0 unspecified atom stereocenters. The van der Waals surface area contributed by atoms with E-state index in [1.54, 1.807) is 12.1 Å². The van der Waals surface area contributed by atoms with Gasteiger partial charge in [-0.3, -0.25) is 0 Å². The van der Waals surface area contributed by atoms with Gasteiger partial charge in [0.15, 0.2) is 0 Å². The zero-order valence-corrected chi connectivity index (χ0v) is 11.7. The molecule has 5 heteroatoms. The lowest BCUT2D eigenvalue weighted by atomic mass is 10.2. The highest BCUT2D eigenvalue weighted by Gasteiger charge is 2.13.